The van der Waals surface area contributed by atoms with Gasteiger partial charge in [0.05, 0.1) is 31.4 Å². The molecule has 2 amide bonds. The van der Waals surface area contributed by atoms with Crippen molar-refractivity contribution in [1.29, 1.82) is 0 Å². The molecule has 0 aliphatic rings. The first-order valence-corrected chi connectivity index (χ1v) is 10.1. The summed E-state index contributed by atoms with van der Waals surface area (Å²) in [5.41, 5.74) is 2.91. The maximum absolute atomic E-state index is 12.7. The van der Waals surface area contributed by atoms with Crippen LogP contribution in [0.4, 0.5) is 10.6 Å². The van der Waals surface area contributed by atoms with Gasteiger partial charge in [0.2, 0.25) is 0 Å². The van der Waals surface area contributed by atoms with Crippen LogP contribution in [0.15, 0.2) is 53.2 Å². The fraction of sp³-hybridized carbons (Fsp3) is 0.273. The summed E-state index contributed by atoms with van der Waals surface area (Å²) in [6.45, 7) is 3.05. The van der Waals surface area contributed by atoms with Gasteiger partial charge in [-0.05, 0) is 12.5 Å². The Morgan fingerprint density at radius 2 is 2.06 bits per heavy atom. The fourth-order valence-corrected chi connectivity index (χ4v) is 3.22. The molecule has 0 saturated heterocycles. The van der Waals surface area contributed by atoms with Crippen LogP contribution in [0.3, 0.4) is 0 Å². The van der Waals surface area contributed by atoms with Gasteiger partial charge >= 0.3 is 6.03 Å². The predicted molar refractivity (Wildman–Crippen MR) is 118 cm³/mol. The summed E-state index contributed by atoms with van der Waals surface area (Å²) >= 11 is 0. The first-order valence-electron chi connectivity index (χ1n) is 10.1. The number of nitrogens with zero attached hydrogens (tertiary/aromatic N) is 3. The molecule has 3 aromatic heterocycles. The topological polar surface area (TPSA) is 127 Å². The van der Waals surface area contributed by atoms with E-state index in [1.165, 1.54) is 0 Å². The van der Waals surface area contributed by atoms with Crippen LogP contribution in [0, 0.1) is 6.92 Å². The van der Waals surface area contributed by atoms with E-state index in [4.69, 9.17) is 14.0 Å². The molecule has 0 unspecified atom stereocenters. The number of ether oxygens (including phenoxy) is 2. The fourth-order valence-electron chi connectivity index (χ4n) is 3.22. The number of nitrogens with one attached hydrogen (secondary N) is 3. The molecule has 0 fully saturated rings. The molecule has 3 heterocycles. The van der Waals surface area contributed by atoms with Crippen molar-refractivity contribution in [2.45, 2.75) is 13.0 Å². The highest BCUT2D eigenvalue weighted by atomic mass is 16.5. The Balaban J connectivity index is 1.44. The lowest BCUT2D eigenvalue weighted by atomic mass is 10.1. The van der Waals surface area contributed by atoms with Gasteiger partial charge in [-0.1, -0.05) is 35.5 Å². The van der Waals surface area contributed by atoms with Crippen molar-refractivity contribution < 1.29 is 18.8 Å². The number of fused-ring (bicyclic) bond motifs is 1. The molecule has 0 spiro atoms. The third kappa shape index (κ3) is 5.10. The maximum atomic E-state index is 12.7. The summed E-state index contributed by atoms with van der Waals surface area (Å²) in [4.78, 5) is 17.0. The summed E-state index contributed by atoms with van der Waals surface area (Å²) in [6, 6.07) is 12.4. The Morgan fingerprint density at radius 3 is 2.81 bits per heavy atom. The number of methoxy groups -OCH3 is 1. The SMILES string of the molecule is COCCOC[C@@H](NC(=O)Nc1cc2[nH]nc(-c3cc(C)on3)c2cn1)c1ccccc1. The van der Waals surface area contributed by atoms with Gasteiger partial charge in [-0.2, -0.15) is 5.10 Å². The van der Waals surface area contributed by atoms with E-state index in [2.05, 4.69) is 31.0 Å². The number of hydrogen-bond acceptors (Lipinski definition) is 7. The van der Waals surface area contributed by atoms with Crippen LogP contribution in [-0.2, 0) is 9.47 Å². The molecule has 4 rings (SSSR count). The van der Waals surface area contributed by atoms with Crippen LogP contribution in [-0.4, -0.2) is 53.3 Å². The second-order valence-corrected chi connectivity index (χ2v) is 7.14. The van der Waals surface area contributed by atoms with Gasteiger partial charge in [-0.3, -0.25) is 10.4 Å². The highest BCUT2D eigenvalue weighted by Gasteiger charge is 2.17. The third-order valence-corrected chi connectivity index (χ3v) is 4.78. The Bertz CT molecular complexity index is 1170. The normalized spacial score (nSPS) is 12.1. The van der Waals surface area contributed by atoms with Crippen molar-refractivity contribution in [2.75, 3.05) is 32.2 Å². The first kappa shape index (κ1) is 21.5. The first-order chi connectivity index (χ1) is 15.6. The van der Waals surface area contributed by atoms with Gasteiger partial charge in [-0.25, -0.2) is 9.78 Å². The van der Waals surface area contributed by atoms with Crippen LogP contribution in [0.1, 0.15) is 17.4 Å². The lowest BCUT2D eigenvalue weighted by Crippen LogP contribution is -2.35. The molecular formula is C22H24N6O4. The van der Waals surface area contributed by atoms with Gasteiger partial charge in [0.1, 0.15) is 23.0 Å². The van der Waals surface area contributed by atoms with E-state index in [9.17, 15) is 4.79 Å². The molecule has 10 heteroatoms. The van der Waals surface area contributed by atoms with Crippen molar-refractivity contribution in [2.24, 2.45) is 0 Å². The second kappa shape index (κ2) is 10.0. The monoisotopic (exact) mass is 436 g/mol. The van der Waals surface area contributed by atoms with Crippen LogP contribution in [0.25, 0.3) is 22.3 Å². The van der Waals surface area contributed by atoms with E-state index in [1.807, 2.05) is 37.3 Å². The van der Waals surface area contributed by atoms with E-state index in [-0.39, 0.29) is 6.04 Å². The van der Waals surface area contributed by atoms with Crippen molar-refractivity contribution in [3.05, 3.63) is 60.0 Å². The molecule has 0 saturated carbocycles. The number of benzene rings is 1. The largest absolute Gasteiger partial charge is 0.382 e. The molecule has 0 aliphatic heterocycles. The zero-order valence-electron chi connectivity index (χ0n) is 17.8. The van der Waals surface area contributed by atoms with E-state index in [1.54, 1.807) is 25.4 Å². The number of aryl methyl sites for hydroxylation is 1. The minimum Gasteiger partial charge on any atom is -0.382 e. The van der Waals surface area contributed by atoms with Gasteiger partial charge in [0.15, 0.2) is 0 Å². The molecule has 1 atom stereocenters. The number of pyridine rings is 1. The van der Waals surface area contributed by atoms with E-state index >= 15 is 0 Å². The molecule has 0 radical (unpaired) electrons. The van der Waals surface area contributed by atoms with Gasteiger partial charge in [-0.15, -0.1) is 0 Å². The molecular weight excluding hydrogens is 412 g/mol. The molecule has 3 N–H and O–H groups in total. The van der Waals surface area contributed by atoms with E-state index < -0.39 is 6.03 Å². The Hall–Kier alpha value is -3.76. The molecule has 4 aromatic rings. The lowest BCUT2D eigenvalue weighted by molar-refractivity contribution is 0.0601. The van der Waals surface area contributed by atoms with Crippen molar-refractivity contribution in [3.8, 4) is 11.4 Å². The van der Waals surface area contributed by atoms with Crippen molar-refractivity contribution in [1.82, 2.24) is 25.7 Å². The number of H-pyrrole nitrogens is 1. The summed E-state index contributed by atoms with van der Waals surface area (Å²) in [5, 5.41) is 17.7. The Morgan fingerprint density at radius 1 is 1.22 bits per heavy atom. The number of rotatable bonds is 9. The molecule has 1 aromatic carbocycles. The zero-order chi connectivity index (χ0) is 22.3. The number of carbonyl (C=O) groups excluding carboxylic acids is 1. The highest BCUT2D eigenvalue weighted by Crippen LogP contribution is 2.26. The molecule has 166 valence electrons. The standard InChI is InChI=1S/C22H24N6O4/c1-14-10-18(28-32-14)21-16-12-23-20(11-17(16)26-27-21)25-22(29)24-19(13-31-9-8-30-2)15-6-4-3-5-7-15/h3-7,10-12,19H,8-9,13H2,1-2H3,(H,26,27)(H2,23,24,25,29)/t19-/m1/s1. The zero-order valence-corrected chi connectivity index (χ0v) is 17.8. The third-order valence-electron chi connectivity index (χ3n) is 4.78. The highest BCUT2D eigenvalue weighted by molar-refractivity contribution is 5.95. The summed E-state index contributed by atoms with van der Waals surface area (Å²) in [7, 11) is 1.61. The van der Waals surface area contributed by atoms with Crippen molar-refractivity contribution >= 4 is 22.8 Å². The second-order valence-electron chi connectivity index (χ2n) is 7.14. The number of carbonyl (C=O) groups is 1. The number of urea groups is 1. The quantitative estimate of drug-likeness (QED) is 0.343. The lowest BCUT2D eigenvalue weighted by Gasteiger charge is -2.19. The summed E-state index contributed by atoms with van der Waals surface area (Å²) < 4.78 is 15.8. The summed E-state index contributed by atoms with van der Waals surface area (Å²) in [6.07, 6.45) is 1.64. The van der Waals surface area contributed by atoms with Crippen LogP contribution < -0.4 is 10.6 Å². The van der Waals surface area contributed by atoms with Gasteiger partial charge in [0.25, 0.3) is 0 Å². The number of anilines is 1. The Labute approximate surface area is 184 Å². The van der Waals surface area contributed by atoms with Crippen molar-refractivity contribution in [3.63, 3.8) is 0 Å². The minimum absolute atomic E-state index is 0.314. The maximum Gasteiger partial charge on any atom is 0.320 e. The smallest absolute Gasteiger partial charge is 0.320 e. The van der Waals surface area contributed by atoms with Gasteiger partial charge in [0, 0.05) is 30.8 Å². The van der Waals surface area contributed by atoms with E-state index in [0.717, 1.165) is 10.9 Å². The van der Waals surface area contributed by atoms with Gasteiger partial charge < -0.3 is 19.3 Å². The predicted octanol–water partition coefficient (Wildman–Crippen LogP) is 3.45. The number of amides is 2. The minimum atomic E-state index is -0.395. The average Bonchev–Trinajstić information content (AvgIpc) is 3.42. The summed E-state index contributed by atoms with van der Waals surface area (Å²) in [5.74, 6) is 1.08. The van der Waals surface area contributed by atoms with Crippen LogP contribution >= 0.6 is 0 Å². The number of aromatic nitrogens is 4. The molecule has 10 nitrogen and oxygen atoms in total. The van der Waals surface area contributed by atoms with E-state index in [0.29, 0.717) is 48.3 Å². The molecule has 0 aliphatic carbocycles. The molecule has 0 bridgehead atoms. The molecule has 32 heavy (non-hydrogen) atoms. The Kier molecular flexibility index (Phi) is 6.73. The van der Waals surface area contributed by atoms with Crippen LogP contribution in [0.2, 0.25) is 0 Å². The average molecular weight is 436 g/mol. The number of hydrogen-bond donors (Lipinski definition) is 3. The number of aromatic amines is 1. The van der Waals surface area contributed by atoms with Crippen LogP contribution in [0.5, 0.6) is 0 Å².